The van der Waals surface area contributed by atoms with Crippen LogP contribution in [0.25, 0.3) is 16.9 Å². The molecule has 0 amide bonds. The van der Waals surface area contributed by atoms with Crippen molar-refractivity contribution in [2.75, 3.05) is 14.2 Å². The van der Waals surface area contributed by atoms with Crippen molar-refractivity contribution in [1.82, 2.24) is 0 Å². The number of aliphatic hydroxyl groups excluding tert-OH is 1. The zero-order valence-corrected chi connectivity index (χ0v) is 15.8. The largest absolute Gasteiger partial charge is 0.507 e. The molecule has 6 nitrogen and oxygen atoms in total. The summed E-state index contributed by atoms with van der Waals surface area (Å²) in [5, 5.41) is 10.2. The van der Waals surface area contributed by atoms with Crippen molar-refractivity contribution in [1.29, 1.82) is 0 Å². The van der Waals surface area contributed by atoms with E-state index in [9.17, 15) is 19.5 Å². The van der Waals surface area contributed by atoms with Crippen molar-refractivity contribution in [3.05, 3.63) is 66.2 Å². The number of hydrogen-bond donors (Lipinski definition) is 1. The molecule has 0 fully saturated rings. The summed E-state index contributed by atoms with van der Waals surface area (Å²) in [6, 6.07) is 16.9. The van der Waals surface area contributed by atoms with E-state index in [1.807, 2.05) is 42.5 Å². The van der Waals surface area contributed by atoms with E-state index in [-0.39, 0.29) is 18.6 Å². The Morgan fingerprint density at radius 3 is 1.96 bits per heavy atom. The second kappa shape index (κ2) is 10.1. The number of ketones is 1. The fraction of sp³-hybridized carbons (Fsp3) is 0.227. The minimum absolute atomic E-state index is 0.0606. The van der Waals surface area contributed by atoms with Crippen LogP contribution < -0.4 is 0 Å². The second-order valence-electron chi connectivity index (χ2n) is 6.08. The quantitative estimate of drug-likeness (QED) is 0.325. The number of esters is 2. The number of allylic oxidation sites excluding steroid dienone is 1. The third kappa shape index (κ3) is 5.54. The Balaban J connectivity index is 2.03. The molecule has 146 valence electrons. The Morgan fingerprint density at radius 2 is 1.43 bits per heavy atom. The zero-order chi connectivity index (χ0) is 20.5. The minimum Gasteiger partial charge on any atom is -0.507 e. The van der Waals surface area contributed by atoms with Crippen molar-refractivity contribution >= 4 is 23.5 Å². The second-order valence-corrected chi connectivity index (χ2v) is 6.08. The fourth-order valence-corrected chi connectivity index (χ4v) is 2.68. The van der Waals surface area contributed by atoms with E-state index < -0.39 is 23.6 Å². The molecule has 6 heteroatoms. The molecule has 2 rings (SSSR count). The molecule has 0 radical (unpaired) electrons. The third-order valence-electron chi connectivity index (χ3n) is 4.24. The van der Waals surface area contributed by atoms with E-state index in [1.165, 1.54) is 0 Å². The van der Waals surface area contributed by atoms with Gasteiger partial charge in [-0.3, -0.25) is 14.4 Å². The Kier molecular flexibility index (Phi) is 7.51. The Bertz CT molecular complexity index is 836. The van der Waals surface area contributed by atoms with Gasteiger partial charge in [-0.15, -0.1) is 0 Å². The van der Waals surface area contributed by atoms with Crippen molar-refractivity contribution in [2.45, 2.75) is 12.8 Å². The lowest BCUT2D eigenvalue weighted by atomic mass is 10.0. The van der Waals surface area contributed by atoms with Crippen LogP contribution in [0.5, 0.6) is 0 Å². The lowest BCUT2D eigenvalue weighted by Gasteiger charge is -2.11. The molecule has 0 saturated heterocycles. The summed E-state index contributed by atoms with van der Waals surface area (Å²) in [4.78, 5) is 35.3. The monoisotopic (exact) mass is 382 g/mol. The van der Waals surface area contributed by atoms with E-state index in [0.29, 0.717) is 5.56 Å². The van der Waals surface area contributed by atoms with Crippen molar-refractivity contribution in [3.63, 3.8) is 0 Å². The van der Waals surface area contributed by atoms with E-state index >= 15 is 0 Å². The molecule has 0 aliphatic rings. The van der Waals surface area contributed by atoms with E-state index in [4.69, 9.17) is 0 Å². The predicted octanol–water partition coefficient (Wildman–Crippen LogP) is 3.56. The fourth-order valence-electron chi connectivity index (χ4n) is 2.68. The first-order chi connectivity index (χ1) is 13.5. The van der Waals surface area contributed by atoms with Gasteiger partial charge in [-0.25, -0.2) is 0 Å². The van der Waals surface area contributed by atoms with E-state index in [1.54, 1.807) is 12.1 Å². The first-order valence-corrected chi connectivity index (χ1v) is 8.71. The average molecular weight is 382 g/mol. The number of aliphatic hydroxyl groups is 1. The number of ether oxygens (including phenoxy) is 2. The van der Waals surface area contributed by atoms with Crippen molar-refractivity contribution in [2.24, 2.45) is 5.92 Å². The molecule has 2 aromatic rings. The molecule has 0 aliphatic carbocycles. The number of carbonyl (C=O) groups is 3. The maximum Gasteiger partial charge on any atom is 0.320 e. The summed E-state index contributed by atoms with van der Waals surface area (Å²) in [5.41, 5.74) is 2.53. The summed E-state index contributed by atoms with van der Waals surface area (Å²) in [7, 11) is 2.32. The van der Waals surface area contributed by atoms with E-state index in [0.717, 1.165) is 31.4 Å². The molecule has 0 saturated carbocycles. The standard InChI is InChI=1S/C22H22O6/c1-27-21(25)19(22(26)28-2)13-12-18(23)14-20(24)17-10-8-16(9-11-17)15-6-4-3-5-7-15/h3-11,14,19,24H,12-13H2,1-2H3/b20-14-. The topological polar surface area (TPSA) is 89.9 Å². The Labute approximate surface area is 163 Å². The zero-order valence-electron chi connectivity index (χ0n) is 15.8. The van der Waals surface area contributed by atoms with Crippen LogP contribution >= 0.6 is 0 Å². The van der Waals surface area contributed by atoms with Gasteiger partial charge in [0.15, 0.2) is 11.7 Å². The van der Waals surface area contributed by atoms with Crippen LogP contribution in [0.4, 0.5) is 0 Å². The average Bonchev–Trinajstić information content (AvgIpc) is 2.74. The molecule has 2 aromatic carbocycles. The molecule has 28 heavy (non-hydrogen) atoms. The van der Waals surface area contributed by atoms with Crippen LogP contribution in [0.15, 0.2) is 60.7 Å². The van der Waals surface area contributed by atoms with Crippen molar-refractivity contribution in [3.8, 4) is 11.1 Å². The Morgan fingerprint density at radius 1 is 0.893 bits per heavy atom. The first kappa shape index (κ1) is 20.9. The van der Waals surface area contributed by atoms with Crippen LogP contribution in [0.2, 0.25) is 0 Å². The van der Waals surface area contributed by atoms with Gasteiger partial charge in [-0.1, -0.05) is 54.6 Å². The highest BCUT2D eigenvalue weighted by Gasteiger charge is 2.28. The van der Waals surface area contributed by atoms with Crippen molar-refractivity contribution < 1.29 is 29.0 Å². The summed E-state index contributed by atoms with van der Waals surface area (Å²) < 4.78 is 9.10. The van der Waals surface area contributed by atoms with Gasteiger partial charge in [0.2, 0.25) is 0 Å². The minimum atomic E-state index is -1.17. The highest BCUT2D eigenvalue weighted by Crippen LogP contribution is 2.22. The van der Waals surface area contributed by atoms with Gasteiger partial charge in [-0.2, -0.15) is 0 Å². The highest BCUT2D eigenvalue weighted by atomic mass is 16.5. The smallest absolute Gasteiger partial charge is 0.320 e. The first-order valence-electron chi connectivity index (χ1n) is 8.71. The molecule has 0 atom stereocenters. The number of methoxy groups -OCH3 is 2. The van der Waals surface area contributed by atoms with Gasteiger partial charge < -0.3 is 14.6 Å². The Hall–Kier alpha value is -3.41. The van der Waals surface area contributed by atoms with Gasteiger partial charge in [0.05, 0.1) is 14.2 Å². The number of carbonyl (C=O) groups excluding carboxylic acids is 3. The summed E-state index contributed by atoms with van der Waals surface area (Å²) in [6.45, 7) is 0. The predicted molar refractivity (Wildman–Crippen MR) is 104 cm³/mol. The molecular weight excluding hydrogens is 360 g/mol. The molecule has 0 spiro atoms. The van der Waals surface area contributed by atoms with E-state index in [2.05, 4.69) is 9.47 Å². The molecule has 0 aliphatic heterocycles. The van der Waals surface area contributed by atoms with Gasteiger partial charge in [0.1, 0.15) is 5.76 Å². The number of benzene rings is 2. The van der Waals surface area contributed by atoms with Crippen LogP contribution in [0.3, 0.4) is 0 Å². The number of rotatable bonds is 8. The van der Waals surface area contributed by atoms with Gasteiger partial charge in [0, 0.05) is 18.1 Å². The normalized spacial score (nSPS) is 11.2. The highest BCUT2D eigenvalue weighted by molar-refractivity contribution is 5.98. The summed E-state index contributed by atoms with van der Waals surface area (Å²) >= 11 is 0. The van der Waals surface area contributed by atoms with Gasteiger partial charge in [-0.05, 0) is 17.5 Å². The van der Waals surface area contributed by atoms with Crippen LogP contribution in [0, 0.1) is 5.92 Å². The maximum absolute atomic E-state index is 12.1. The lowest BCUT2D eigenvalue weighted by Crippen LogP contribution is -2.27. The SMILES string of the molecule is COC(=O)C(CCC(=O)/C=C(\O)c1ccc(-c2ccccc2)cc1)C(=O)OC. The molecule has 0 heterocycles. The molecule has 1 N–H and O–H groups in total. The third-order valence-corrected chi connectivity index (χ3v) is 4.24. The molecule has 0 unspecified atom stereocenters. The van der Waals surface area contributed by atoms with Gasteiger partial charge in [0.25, 0.3) is 0 Å². The molecular formula is C22H22O6. The van der Waals surface area contributed by atoms with Gasteiger partial charge >= 0.3 is 11.9 Å². The molecule has 0 bridgehead atoms. The van der Waals surface area contributed by atoms with Crippen LogP contribution in [-0.2, 0) is 23.9 Å². The summed E-state index contributed by atoms with van der Waals surface area (Å²) in [6.07, 6.45) is 0.916. The maximum atomic E-state index is 12.1. The van der Waals surface area contributed by atoms with Crippen LogP contribution in [-0.4, -0.2) is 37.0 Å². The molecule has 0 aromatic heterocycles. The number of hydrogen-bond acceptors (Lipinski definition) is 6. The van der Waals surface area contributed by atoms with Crippen LogP contribution in [0.1, 0.15) is 18.4 Å². The lowest BCUT2D eigenvalue weighted by molar-refractivity contribution is -0.159. The summed E-state index contributed by atoms with van der Waals surface area (Å²) in [5.74, 6) is -3.28.